The van der Waals surface area contributed by atoms with Crippen molar-refractivity contribution in [3.63, 3.8) is 0 Å². The van der Waals surface area contributed by atoms with Gasteiger partial charge in [0.05, 0.1) is 39.2 Å². The Bertz CT molecular complexity index is 3450. The van der Waals surface area contributed by atoms with E-state index in [2.05, 4.69) is 33.9 Å². The number of hydrogen-bond donors (Lipinski definition) is 4. The highest BCUT2D eigenvalue weighted by atomic mass is 32.2. The Balaban J connectivity index is 0.000000175. The Morgan fingerprint density at radius 3 is 1.46 bits per heavy atom. The van der Waals surface area contributed by atoms with E-state index in [0.717, 1.165) is 80.8 Å². The third-order valence-electron chi connectivity index (χ3n) is 12.6. The van der Waals surface area contributed by atoms with E-state index in [0.29, 0.717) is 50.5 Å². The fraction of sp³-hybridized carbons (Fsp3) is 0.265. The van der Waals surface area contributed by atoms with Crippen molar-refractivity contribution in [3.8, 4) is 22.3 Å². The fourth-order valence-electron chi connectivity index (χ4n) is 9.36. The number of halogens is 5. The number of hydrogen-bond acceptors (Lipinski definition) is 10. The van der Waals surface area contributed by atoms with E-state index >= 15 is 8.78 Å². The fourth-order valence-corrected chi connectivity index (χ4v) is 11.8. The summed E-state index contributed by atoms with van der Waals surface area (Å²) >= 11 is 0. The summed E-state index contributed by atoms with van der Waals surface area (Å²) in [6, 6.07) is 21.8. The molecule has 2 aliphatic carbocycles. The average Bonchev–Trinajstić information content (AvgIpc) is 4.16. The molecule has 10 rings (SSSR count). The standard InChI is InChI=1S/C25H23F4N5O2S.C24H24FN5O2S/c26-20-11-16(19-12-34(18-6-1-2-7-18)24-22(19)23(30)31-14-32-24)8-9-21(20)33-37(35,36)13-15-4-3-5-17(10-15)25(27,28)29;25-20-12-17(10-11-21(20)29-33(31,32)14-16-6-2-1-3-7-16)19-13-30(18-8-4-5-9-18)24-22(19)23(26)27-15-28-24/h3-5,8-12,14,18,33H,1-2,6-7,13H2,(H2,30,31,32);1-3,6-7,10-13,15,18,29H,4-5,8-9,14H2,(H2,26,27,28). The molecule has 2 fully saturated rings. The van der Waals surface area contributed by atoms with Gasteiger partial charge in [-0.15, -0.1) is 0 Å². The lowest BCUT2D eigenvalue weighted by atomic mass is 10.1. The minimum Gasteiger partial charge on any atom is -0.383 e. The molecule has 0 amide bonds. The number of aromatic nitrogens is 6. The molecular formula is C49H47F5N10O4S2. The van der Waals surface area contributed by atoms with Crippen LogP contribution in [0.3, 0.4) is 0 Å². The molecule has 4 heterocycles. The zero-order valence-electron chi connectivity index (χ0n) is 37.4. The maximum atomic E-state index is 15.1. The van der Waals surface area contributed by atoms with Crippen LogP contribution in [0.1, 0.15) is 80.1 Å². The highest BCUT2D eigenvalue weighted by molar-refractivity contribution is 7.92. The second-order valence-electron chi connectivity index (χ2n) is 17.5. The van der Waals surface area contributed by atoms with Crippen molar-refractivity contribution in [2.45, 2.75) is 81.1 Å². The van der Waals surface area contributed by atoms with Gasteiger partial charge in [-0.1, -0.05) is 86.3 Å². The molecule has 0 aliphatic heterocycles. The van der Waals surface area contributed by atoms with Crippen molar-refractivity contribution in [2.75, 3.05) is 20.9 Å². The van der Waals surface area contributed by atoms with Gasteiger partial charge in [-0.25, -0.2) is 45.6 Å². The van der Waals surface area contributed by atoms with Crippen LogP contribution in [0.4, 0.5) is 45.0 Å². The minimum absolute atomic E-state index is 0.0745. The van der Waals surface area contributed by atoms with E-state index in [9.17, 15) is 30.0 Å². The molecule has 2 aliphatic rings. The molecule has 6 N–H and O–H groups in total. The van der Waals surface area contributed by atoms with E-state index in [1.807, 2.05) is 23.0 Å². The largest absolute Gasteiger partial charge is 0.416 e. The molecule has 4 aromatic heterocycles. The smallest absolute Gasteiger partial charge is 0.383 e. The molecule has 70 heavy (non-hydrogen) atoms. The predicted molar refractivity (Wildman–Crippen MR) is 260 cm³/mol. The molecule has 21 heteroatoms. The van der Waals surface area contributed by atoms with Crippen LogP contribution in [0, 0.1) is 11.6 Å². The number of alkyl halides is 3. The summed E-state index contributed by atoms with van der Waals surface area (Å²) in [5.74, 6) is -1.91. The number of sulfonamides is 2. The van der Waals surface area contributed by atoms with Crippen molar-refractivity contribution in [3.05, 3.63) is 144 Å². The summed E-state index contributed by atoms with van der Waals surface area (Å²) in [5.41, 5.74) is 15.3. The van der Waals surface area contributed by atoms with Gasteiger partial charge in [0.1, 0.15) is 47.2 Å². The van der Waals surface area contributed by atoms with E-state index in [4.69, 9.17) is 11.5 Å². The van der Waals surface area contributed by atoms with Crippen LogP contribution in [0.25, 0.3) is 44.3 Å². The van der Waals surface area contributed by atoms with E-state index in [1.165, 1.54) is 43.0 Å². The zero-order valence-corrected chi connectivity index (χ0v) is 39.0. The molecule has 14 nitrogen and oxygen atoms in total. The van der Waals surface area contributed by atoms with Crippen molar-refractivity contribution in [1.82, 2.24) is 29.1 Å². The molecule has 0 atom stereocenters. The number of nitrogens with two attached hydrogens (primary N) is 2. The lowest BCUT2D eigenvalue weighted by Crippen LogP contribution is -2.16. The molecule has 0 saturated heterocycles. The Morgan fingerprint density at radius 1 is 0.571 bits per heavy atom. The van der Waals surface area contributed by atoms with E-state index < -0.39 is 49.2 Å². The normalized spacial score (nSPS) is 14.8. The van der Waals surface area contributed by atoms with Crippen molar-refractivity contribution in [1.29, 1.82) is 0 Å². The highest BCUT2D eigenvalue weighted by Gasteiger charge is 2.31. The lowest BCUT2D eigenvalue weighted by molar-refractivity contribution is -0.137. The number of nitrogens with one attached hydrogen (secondary N) is 2. The maximum Gasteiger partial charge on any atom is 0.416 e. The summed E-state index contributed by atoms with van der Waals surface area (Å²) in [7, 11) is -7.97. The first-order valence-corrected chi connectivity index (χ1v) is 25.8. The van der Waals surface area contributed by atoms with Gasteiger partial charge in [0.2, 0.25) is 20.0 Å². The van der Waals surface area contributed by atoms with E-state index in [1.54, 1.807) is 36.4 Å². The Morgan fingerprint density at radius 2 is 1.01 bits per heavy atom. The molecule has 0 unspecified atom stereocenters. The van der Waals surface area contributed by atoms with Gasteiger partial charge in [0.25, 0.3) is 0 Å². The summed E-state index contributed by atoms with van der Waals surface area (Å²) < 4.78 is 128. The summed E-state index contributed by atoms with van der Waals surface area (Å²) in [6.45, 7) is 0. The van der Waals surface area contributed by atoms with Crippen LogP contribution in [-0.4, -0.2) is 45.9 Å². The van der Waals surface area contributed by atoms with E-state index in [-0.39, 0.29) is 34.6 Å². The number of nitrogen functional groups attached to an aromatic ring is 2. The van der Waals surface area contributed by atoms with Gasteiger partial charge < -0.3 is 20.6 Å². The zero-order chi connectivity index (χ0) is 49.4. The van der Waals surface area contributed by atoms with Crippen molar-refractivity contribution in [2.24, 2.45) is 0 Å². The van der Waals surface area contributed by atoms with Crippen LogP contribution in [0.2, 0.25) is 0 Å². The molecule has 0 spiro atoms. The second kappa shape index (κ2) is 19.3. The van der Waals surface area contributed by atoms with Gasteiger partial charge in [-0.3, -0.25) is 9.44 Å². The van der Waals surface area contributed by atoms with Crippen molar-refractivity contribution >= 4 is 65.1 Å². The van der Waals surface area contributed by atoms with Crippen molar-refractivity contribution < 1.29 is 38.8 Å². The van der Waals surface area contributed by atoms with Crippen LogP contribution >= 0.6 is 0 Å². The molecule has 0 bridgehead atoms. The van der Waals surface area contributed by atoms with Gasteiger partial charge in [-0.2, -0.15) is 13.2 Å². The average molecular weight is 999 g/mol. The number of nitrogens with zero attached hydrogens (tertiary/aromatic N) is 6. The first-order valence-electron chi connectivity index (χ1n) is 22.5. The van der Waals surface area contributed by atoms with Gasteiger partial charge in [-0.05, 0) is 78.3 Å². The molecule has 4 aromatic carbocycles. The summed E-state index contributed by atoms with van der Waals surface area (Å²) in [6.07, 6.45) is 10.7. The second-order valence-corrected chi connectivity index (χ2v) is 20.9. The number of anilines is 4. The molecule has 364 valence electrons. The Labute approximate surface area is 400 Å². The quantitative estimate of drug-likeness (QED) is 0.0852. The van der Waals surface area contributed by atoms with Gasteiger partial charge >= 0.3 is 6.18 Å². The summed E-state index contributed by atoms with van der Waals surface area (Å²) in [5, 5.41) is 1.27. The molecule has 2 saturated carbocycles. The topological polar surface area (TPSA) is 206 Å². The first kappa shape index (κ1) is 47.9. The predicted octanol–water partition coefficient (Wildman–Crippen LogP) is 10.8. The van der Waals surface area contributed by atoms with Gasteiger partial charge in [0, 0.05) is 35.6 Å². The highest BCUT2D eigenvalue weighted by Crippen LogP contribution is 2.41. The number of fused-ring (bicyclic) bond motifs is 2. The summed E-state index contributed by atoms with van der Waals surface area (Å²) in [4.78, 5) is 17.1. The third-order valence-corrected chi connectivity index (χ3v) is 15.1. The molecule has 0 radical (unpaired) electrons. The van der Waals surface area contributed by atoms with Crippen LogP contribution in [-0.2, 0) is 37.7 Å². The monoisotopic (exact) mass is 998 g/mol. The van der Waals surface area contributed by atoms with Gasteiger partial charge in [0.15, 0.2) is 0 Å². The van der Waals surface area contributed by atoms with Crippen LogP contribution < -0.4 is 20.9 Å². The lowest BCUT2D eigenvalue weighted by Gasteiger charge is -2.12. The Kier molecular flexibility index (Phi) is 13.2. The maximum absolute atomic E-state index is 15.1. The SMILES string of the molecule is Nc1ncnc2c1c(-c1ccc(NS(=O)(=O)Cc3cccc(C(F)(F)F)c3)c(F)c1)cn2C1CCCC1.Nc1ncnc2c1c(-c1ccc(NS(=O)(=O)Cc3ccccc3)c(F)c1)cn2C1CCCC1. The van der Waals surface area contributed by atoms with Crippen LogP contribution in [0.15, 0.2) is 116 Å². The Hall–Kier alpha value is -7.13. The number of rotatable bonds is 12. The first-order chi connectivity index (χ1) is 33.4. The third kappa shape index (κ3) is 10.4. The van der Waals surface area contributed by atoms with Crippen LogP contribution in [0.5, 0.6) is 0 Å². The minimum atomic E-state index is -4.61. The number of benzene rings is 4. The molecule has 8 aromatic rings. The molecular weight excluding hydrogens is 952 g/mol.